The van der Waals surface area contributed by atoms with Crippen LogP contribution < -0.4 is 4.74 Å². The van der Waals surface area contributed by atoms with Crippen LogP contribution in [0.25, 0.3) is 5.57 Å². The van der Waals surface area contributed by atoms with Gasteiger partial charge in [-0.25, -0.2) is 0 Å². The summed E-state index contributed by atoms with van der Waals surface area (Å²) < 4.78 is 5.95. The second kappa shape index (κ2) is 11.7. The third kappa shape index (κ3) is 7.14. The molecule has 2 aromatic rings. The fourth-order valence-corrected chi connectivity index (χ4v) is 3.20. The molecule has 0 aliphatic carbocycles. The summed E-state index contributed by atoms with van der Waals surface area (Å²) in [6.45, 7) is 6.99. The molecular weight excluding hydrogens is 348 g/mol. The molecule has 0 unspecified atom stereocenters. The number of hydrogen-bond donors (Lipinski definition) is 2. The normalized spacial score (nSPS) is 11.9. The number of unbranched alkanes of at least 4 members (excludes halogenated alkanes) is 2. The Balaban J connectivity index is 1.93. The molecule has 152 valence electrons. The van der Waals surface area contributed by atoms with Crippen molar-refractivity contribution in [3.63, 3.8) is 0 Å². The van der Waals surface area contributed by atoms with E-state index >= 15 is 0 Å². The Morgan fingerprint density at radius 1 is 1.00 bits per heavy atom. The maximum absolute atomic E-state index is 9.43. The van der Waals surface area contributed by atoms with Crippen molar-refractivity contribution < 1.29 is 14.9 Å². The average Bonchev–Trinajstić information content (AvgIpc) is 2.71. The summed E-state index contributed by atoms with van der Waals surface area (Å²) in [5.74, 6) is 1.62. The van der Waals surface area contributed by atoms with E-state index in [0.717, 1.165) is 34.8 Å². The molecule has 28 heavy (non-hydrogen) atoms. The molecular formula is C25H34O3. The lowest BCUT2D eigenvalue weighted by molar-refractivity contribution is 0.259. The van der Waals surface area contributed by atoms with Crippen LogP contribution in [-0.4, -0.2) is 10.2 Å². The van der Waals surface area contributed by atoms with Gasteiger partial charge in [-0.15, -0.1) is 0 Å². The molecule has 0 radical (unpaired) electrons. The van der Waals surface area contributed by atoms with Crippen LogP contribution in [0.2, 0.25) is 0 Å². The first-order valence-electron chi connectivity index (χ1n) is 10.3. The monoisotopic (exact) mass is 382 g/mol. The molecule has 2 aromatic carbocycles. The third-order valence-corrected chi connectivity index (χ3v) is 4.99. The van der Waals surface area contributed by atoms with Gasteiger partial charge in [0.05, 0.1) is 13.2 Å². The van der Waals surface area contributed by atoms with E-state index in [4.69, 9.17) is 4.74 Å². The van der Waals surface area contributed by atoms with E-state index < -0.39 is 0 Å². The molecule has 0 bridgehead atoms. The van der Waals surface area contributed by atoms with Gasteiger partial charge < -0.3 is 14.9 Å². The zero-order valence-corrected chi connectivity index (χ0v) is 17.4. The molecule has 0 saturated heterocycles. The lowest BCUT2D eigenvalue weighted by Crippen LogP contribution is -2.00. The van der Waals surface area contributed by atoms with Crippen molar-refractivity contribution in [3.05, 3.63) is 70.8 Å². The van der Waals surface area contributed by atoms with E-state index in [1.807, 2.05) is 30.3 Å². The van der Waals surface area contributed by atoms with Crippen molar-refractivity contribution in [2.24, 2.45) is 5.92 Å². The summed E-state index contributed by atoms with van der Waals surface area (Å²) >= 11 is 0. The molecule has 0 aliphatic rings. The maximum atomic E-state index is 9.43. The summed E-state index contributed by atoms with van der Waals surface area (Å²) in [6, 6.07) is 13.8. The van der Waals surface area contributed by atoms with Crippen LogP contribution in [0.15, 0.2) is 48.5 Å². The first-order valence-corrected chi connectivity index (χ1v) is 10.3. The molecule has 0 heterocycles. The van der Waals surface area contributed by atoms with Crippen LogP contribution >= 0.6 is 0 Å². The molecule has 0 aromatic heterocycles. The first kappa shape index (κ1) is 22.2. The summed E-state index contributed by atoms with van der Waals surface area (Å²) in [7, 11) is 0. The zero-order valence-electron chi connectivity index (χ0n) is 17.4. The number of ether oxygens (including phenoxy) is 1. The van der Waals surface area contributed by atoms with Gasteiger partial charge in [-0.1, -0.05) is 57.0 Å². The average molecular weight is 383 g/mol. The van der Waals surface area contributed by atoms with Gasteiger partial charge in [0, 0.05) is 0 Å². The Hall–Kier alpha value is -2.10. The topological polar surface area (TPSA) is 49.7 Å². The number of benzene rings is 2. The van der Waals surface area contributed by atoms with Crippen LogP contribution in [0.1, 0.15) is 68.7 Å². The number of rotatable bonds is 11. The van der Waals surface area contributed by atoms with Crippen molar-refractivity contribution >= 4 is 5.57 Å². The van der Waals surface area contributed by atoms with E-state index in [1.165, 1.54) is 30.4 Å². The van der Waals surface area contributed by atoms with Gasteiger partial charge in [0.1, 0.15) is 12.4 Å². The van der Waals surface area contributed by atoms with E-state index in [9.17, 15) is 10.2 Å². The van der Waals surface area contributed by atoms with Gasteiger partial charge >= 0.3 is 0 Å². The smallest absolute Gasteiger partial charge is 0.120 e. The minimum atomic E-state index is -0.0830. The first-order chi connectivity index (χ1) is 13.5. The Kier molecular flexibility index (Phi) is 9.26. The molecule has 0 spiro atoms. The van der Waals surface area contributed by atoms with E-state index in [2.05, 4.69) is 39.0 Å². The molecule has 3 heteroatoms. The highest BCUT2D eigenvalue weighted by atomic mass is 16.5. The van der Waals surface area contributed by atoms with E-state index in [1.54, 1.807) is 0 Å². The second-order valence-corrected chi connectivity index (χ2v) is 7.80. The van der Waals surface area contributed by atoms with Gasteiger partial charge in [-0.3, -0.25) is 0 Å². The largest absolute Gasteiger partial charge is 0.489 e. The lowest BCUT2D eigenvalue weighted by atomic mass is 10.0. The standard InChI is InChI=1S/C25H34O3/c1-19(2)8-5-4-6-9-20(3)22-10-7-11-25(15-22)28-18-21-12-13-23(16-26)24(14-21)17-27/h7,9-15,19,26-27H,4-6,8,16-18H2,1-3H3/b20-9+. The molecule has 2 rings (SSSR count). The Morgan fingerprint density at radius 2 is 1.79 bits per heavy atom. The van der Waals surface area contributed by atoms with Gasteiger partial charge in [0.25, 0.3) is 0 Å². The maximum Gasteiger partial charge on any atom is 0.120 e. The van der Waals surface area contributed by atoms with E-state index in [0.29, 0.717) is 6.61 Å². The molecule has 0 saturated carbocycles. The van der Waals surface area contributed by atoms with Crippen LogP contribution in [0.4, 0.5) is 0 Å². The molecule has 0 aliphatic heterocycles. The predicted octanol–water partition coefficient (Wildman–Crippen LogP) is 5.87. The summed E-state index contributed by atoms with van der Waals surface area (Å²) in [5, 5.41) is 18.7. The minimum absolute atomic E-state index is 0.0673. The van der Waals surface area contributed by atoms with Gasteiger partial charge in [-0.2, -0.15) is 0 Å². The lowest BCUT2D eigenvalue weighted by Gasteiger charge is -2.11. The predicted molar refractivity (Wildman–Crippen MR) is 116 cm³/mol. The highest BCUT2D eigenvalue weighted by Gasteiger charge is 2.04. The van der Waals surface area contributed by atoms with Crippen molar-refractivity contribution in [2.45, 2.75) is 66.3 Å². The fourth-order valence-electron chi connectivity index (χ4n) is 3.20. The Bertz CT molecular complexity index is 762. The SMILES string of the molecule is C/C(=C\CCCCC(C)C)c1cccc(OCc2ccc(CO)c(CO)c2)c1. The van der Waals surface area contributed by atoms with Gasteiger partial charge in [0.15, 0.2) is 0 Å². The zero-order chi connectivity index (χ0) is 20.4. The summed E-state index contributed by atoms with van der Waals surface area (Å²) in [4.78, 5) is 0. The van der Waals surface area contributed by atoms with Crippen LogP contribution in [0.5, 0.6) is 5.75 Å². The van der Waals surface area contributed by atoms with Crippen molar-refractivity contribution in [1.82, 2.24) is 0 Å². The number of hydrogen-bond acceptors (Lipinski definition) is 3. The molecule has 0 atom stereocenters. The van der Waals surface area contributed by atoms with Gasteiger partial charge in [-0.05, 0) is 71.7 Å². The van der Waals surface area contributed by atoms with Crippen molar-refractivity contribution in [2.75, 3.05) is 0 Å². The number of allylic oxidation sites excluding steroid dienone is 2. The van der Waals surface area contributed by atoms with Crippen LogP contribution in [0, 0.1) is 5.92 Å². The third-order valence-electron chi connectivity index (χ3n) is 4.99. The van der Waals surface area contributed by atoms with Crippen molar-refractivity contribution in [1.29, 1.82) is 0 Å². The molecule has 0 fully saturated rings. The molecule has 3 nitrogen and oxygen atoms in total. The van der Waals surface area contributed by atoms with Crippen LogP contribution in [0.3, 0.4) is 0 Å². The van der Waals surface area contributed by atoms with Crippen LogP contribution in [-0.2, 0) is 19.8 Å². The molecule has 2 N–H and O–H groups in total. The number of aliphatic hydroxyl groups excluding tert-OH is 2. The van der Waals surface area contributed by atoms with E-state index in [-0.39, 0.29) is 13.2 Å². The van der Waals surface area contributed by atoms with Gasteiger partial charge in [0.2, 0.25) is 0 Å². The Morgan fingerprint density at radius 3 is 2.50 bits per heavy atom. The minimum Gasteiger partial charge on any atom is -0.489 e. The highest BCUT2D eigenvalue weighted by Crippen LogP contribution is 2.22. The summed E-state index contributed by atoms with van der Waals surface area (Å²) in [5.41, 5.74) is 4.94. The fraction of sp³-hybridized carbons (Fsp3) is 0.440. The Labute approximate surface area is 169 Å². The second-order valence-electron chi connectivity index (χ2n) is 7.80. The number of aliphatic hydroxyl groups is 2. The molecule has 0 amide bonds. The summed E-state index contributed by atoms with van der Waals surface area (Å²) in [6.07, 6.45) is 7.26. The van der Waals surface area contributed by atoms with Crippen molar-refractivity contribution in [3.8, 4) is 5.75 Å². The highest BCUT2D eigenvalue weighted by molar-refractivity contribution is 5.64. The quantitative estimate of drug-likeness (QED) is 0.478.